The number of ether oxygens (including phenoxy) is 1. The van der Waals surface area contributed by atoms with Gasteiger partial charge in [0.2, 0.25) is 0 Å². The summed E-state index contributed by atoms with van der Waals surface area (Å²) in [5.41, 5.74) is 7.10. The van der Waals surface area contributed by atoms with Gasteiger partial charge in [-0.25, -0.2) is 0 Å². The Morgan fingerprint density at radius 1 is 1.57 bits per heavy atom. The molecule has 2 N–H and O–H groups in total. The van der Waals surface area contributed by atoms with Gasteiger partial charge in [0.25, 0.3) is 0 Å². The van der Waals surface area contributed by atoms with Crippen LogP contribution in [-0.2, 0) is 0 Å². The molecule has 14 heavy (non-hydrogen) atoms. The van der Waals surface area contributed by atoms with Crippen LogP contribution in [0.5, 0.6) is 5.75 Å². The Kier molecular flexibility index (Phi) is 3.65. The SMILES string of the molecule is Cc1cccc(C=O)c1OCC(C)N. The van der Waals surface area contributed by atoms with E-state index < -0.39 is 0 Å². The Hall–Kier alpha value is -1.35. The molecule has 0 aliphatic rings. The zero-order valence-corrected chi connectivity index (χ0v) is 8.49. The fraction of sp³-hybridized carbons (Fsp3) is 0.364. The van der Waals surface area contributed by atoms with E-state index in [2.05, 4.69) is 0 Å². The van der Waals surface area contributed by atoms with Gasteiger partial charge in [0.1, 0.15) is 12.4 Å². The van der Waals surface area contributed by atoms with E-state index in [9.17, 15) is 4.79 Å². The third-order valence-corrected chi connectivity index (χ3v) is 1.86. The molecule has 0 fully saturated rings. The van der Waals surface area contributed by atoms with Gasteiger partial charge < -0.3 is 10.5 Å². The first kappa shape index (κ1) is 10.7. The lowest BCUT2D eigenvalue weighted by atomic mass is 10.1. The normalized spacial score (nSPS) is 12.2. The van der Waals surface area contributed by atoms with Crippen molar-refractivity contribution in [2.75, 3.05) is 6.61 Å². The van der Waals surface area contributed by atoms with Crippen LogP contribution in [0.4, 0.5) is 0 Å². The molecule has 0 heterocycles. The second kappa shape index (κ2) is 4.77. The summed E-state index contributed by atoms with van der Waals surface area (Å²) in [7, 11) is 0. The number of hydrogen-bond donors (Lipinski definition) is 1. The average Bonchev–Trinajstić information content (AvgIpc) is 2.15. The molecule has 1 aromatic rings. The van der Waals surface area contributed by atoms with Gasteiger partial charge in [-0.2, -0.15) is 0 Å². The Balaban J connectivity index is 2.87. The number of hydrogen-bond acceptors (Lipinski definition) is 3. The Bertz CT molecular complexity index is 321. The number of para-hydroxylation sites is 1. The lowest BCUT2D eigenvalue weighted by Crippen LogP contribution is -2.24. The summed E-state index contributed by atoms with van der Waals surface area (Å²) in [6.07, 6.45) is 0.795. The third-order valence-electron chi connectivity index (χ3n) is 1.86. The quantitative estimate of drug-likeness (QED) is 0.738. The summed E-state index contributed by atoms with van der Waals surface area (Å²) in [6.45, 7) is 4.19. The van der Waals surface area contributed by atoms with Crippen LogP contribution in [0, 0.1) is 6.92 Å². The van der Waals surface area contributed by atoms with Crippen molar-refractivity contribution >= 4 is 6.29 Å². The highest BCUT2D eigenvalue weighted by Crippen LogP contribution is 2.21. The molecule has 0 radical (unpaired) electrons. The molecular weight excluding hydrogens is 178 g/mol. The van der Waals surface area contributed by atoms with E-state index in [0.717, 1.165) is 11.8 Å². The number of aryl methyl sites for hydroxylation is 1. The van der Waals surface area contributed by atoms with Gasteiger partial charge in [-0.1, -0.05) is 12.1 Å². The molecule has 0 spiro atoms. The van der Waals surface area contributed by atoms with E-state index in [1.165, 1.54) is 0 Å². The molecule has 0 aliphatic carbocycles. The lowest BCUT2D eigenvalue weighted by Gasteiger charge is -2.12. The molecule has 76 valence electrons. The van der Waals surface area contributed by atoms with E-state index in [0.29, 0.717) is 17.9 Å². The molecule has 3 heteroatoms. The van der Waals surface area contributed by atoms with Crippen LogP contribution in [-0.4, -0.2) is 18.9 Å². The monoisotopic (exact) mass is 193 g/mol. The van der Waals surface area contributed by atoms with Crippen molar-refractivity contribution in [3.8, 4) is 5.75 Å². The van der Waals surface area contributed by atoms with Crippen LogP contribution in [0.3, 0.4) is 0 Å². The Morgan fingerprint density at radius 3 is 2.86 bits per heavy atom. The minimum absolute atomic E-state index is 0.0332. The number of carbonyl (C=O) groups excluding carboxylic acids is 1. The average molecular weight is 193 g/mol. The highest BCUT2D eigenvalue weighted by Gasteiger charge is 2.06. The summed E-state index contributed by atoms with van der Waals surface area (Å²) in [6, 6.07) is 5.44. The van der Waals surface area contributed by atoms with Crippen LogP contribution < -0.4 is 10.5 Å². The maximum Gasteiger partial charge on any atom is 0.153 e. The van der Waals surface area contributed by atoms with E-state index >= 15 is 0 Å². The van der Waals surface area contributed by atoms with E-state index in [1.807, 2.05) is 26.0 Å². The van der Waals surface area contributed by atoms with Crippen molar-refractivity contribution in [3.05, 3.63) is 29.3 Å². The van der Waals surface area contributed by atoms with Crippen LogP contribution in [0.15, 0.2) is 18.2 Å². The third kappa shape index (κ3) is 2.57. The first-order valence-corrected chi connectivity index (χ1v) is 4.58. The van der Waals surface area contributed by atoms with E-state index in [-0.39, 0.29) is 6.04 Å². The molecular formula is C11H15NO2. The summed E-state index contributed by atoms with van der Waals surface area (Å²) in [5.74, 6) is 0.639. The van der Waals surface area contributed by atoms with Crippen LogP contribution in [0.25, 0.3) is 0 Å². The molecule has 3 nitrogen and oxygen atoms in total. The zero-order chi connectivity index (χ0) is 10.6. The molecule has 0 amide bonds. The van der Waals surface area contributed by atoms with E-state index in [1.54, 1.807) is 6.07 Å². The fourth-order valence-corrected chi connectivity index (χ4v) is 1.18. The molecule has 1 rings (SSSR count). The number of aldehydes is 1. The molecule has 0 aromatic heterocycles. The molecule has 0 aliphatic heterocycles. The maximum absolute atomic E-state index is 10.7. The standard InChI is InChI=1S/C11H15NO2/c1-8-4-3-5-10(6-13)11(8)14-7-9(2)12/h3-6,9H,7,12H2,1-2H3. The summed E-state index contributed by atoms with van der Waals surface area (Å²) >= 11 is 0. The summed E-state index contributed by atoms with van der Waals surface area (Å²) in [5, 5.41) is 0. The fourth-order valence-electron chi connectivity index (χ4n) is 1.18. The van der Waals surface area contributed by atoms with Crippen molar-refractivity contribution in [2.24, 2.45) is 5.73 Å². The molecule has 0 saturated heterocycles. The molecule has 1 unspecified atom stereocenters. The first-order valence-electron chi connectivity index (χ1n) is 4.58. The first-order chi connectivity index (χ1) is 6.65. The van der Waals surface area contributed by atoms with Gasteiger partial charge in [-0.15, -0.1) is 0 Å². The van der Waals surface area contributed by atoms with Crippen molar-refractivity contribution < 1.29 is 9.53 Å². The molecule has 0 bridgehead atoms. The summed E-state index contributed by atoms with van der Waals surface area (Å²) < 4.78 is 5.46. The van der Waals surface area contributed by atoms with Crippen molar-refractivity contribution in [1.82, 2.24) is 0 Å². The van der Waals surface area contributed by atoms with E-state index in [4.69, 9.17) is 10.5 Å². The van der Waals surface area contributed by atoms with Gasteiger partial charge in [-0.3, -0.25) is 4.79 Å². The van der Waals surface area contributed by atoms with Gasteiger partial charge >= 0.3 is 0 Å². The molecule has 1 aromatic carbocycles. The topological polar surface area (TPSA) is 52.3 Å². The van der Waals surface area contributed by atoms with Crippen LogP contribution in [0.2, 0.25) is 0 Å². The van der Waals surface area contributed by atoms with Crippen LogP contribution in [0.1, 0.15) is 22.8 Å². The zero-order valence-electron chi connectivity index (χ0n) is 8.49. The highest BCUT2D eigenvalue weighted by molar-refractivity contribution is 5.80. The second-order valence-electron chi connectivity index (χ2n) is 3.40. The van der Waals surface area contributed by atoms with Crippen molar-refractivity contribution in [3.63, 3.8) is 0 Å². The Morgan fingerprint density at radius 2 is 2.29 bits per heavy atom. The largest absolute Gasteiger partial charge is 0.491 e. The van der Waals surface area contributed by atoms with Crippen LogP contribution >= 0.6 is 0 Å². The number of rotatable bonds is 4. The minimum atomic E-state index is -0.0332. The smallest absolute Gasteiger partial charge is 0.153 e. The number of benzene rings is 1. The van der Waals surface area contributed by atoms with Gasteiger partial charge in [0, 0.05) is 6.04 Å². The molecule has 0 saturated carbocycles. The number of nitrogens with two attached hydrogens (primary N) is 1. The Labute approximate surface area is 83.9 Å². The predicted molar refractivity (Wildman–Crippen MR) is 55.7 cm³/mol. The predicted octanol–water partition coefficient (Wildman–Crippen LogP) is 1.53. The van der Waals surface area contributed by atoms with Crippen molar-refractivity contribution in [1.29, 1.82) is 0 Å². The van der Waals surface area contributed by atoms with Gasteiger partial charge in [0.05, 0.1) is 5.56 Å². The second-order valence-corrected chi connectivity index (χ2v) is 3.40. The maximum atomic E-state index is 10.7. The minimum Gasteiger partial charge on any atom is -0.491 e. The number of carbonyl (C=O) groups is 1. The highest BCUT2D eigenvalue weighted by atomic mass is 16.5. The van der Waals surface area contributed by atoms with Crippen molar-refractivity contribution in [2.45, 2.75) is 19.9 Å². The van der Waals surface area contributed by atoms with Gasteiger partial charge in [-0.05, 0) is 25.5 Å². The molecule has 1 atom stereocenters. The van der Waals surface area contributed by atoms with Gasteiger partial charge in [0.15, 0.2) is 6.29 Å². The summed E-state index contributed by atoms with van der Waals surface area (Å²) in [4.78, 5) is 10.7. The lowest BCUT2D eigenvalue weighted by molar-refractivity contribution is 0.111.